The van der Waals surface area contributed by atoms with Gasteiger partial charge in [0.15, 0.2) is 0 Å². The van der Waals surface area contributed by atoms with Gasteiger partial charge in [-0.25, -0.2) is 9.59 Å². The van der Waals surface area contributed by atoms with Crippen molar-refractivity contribution in [2.75, 3.05) is 0 Å². The fraction of sp³-hybridized carbons (Fsp3) is 0. The first-order chi connectivity index (χ1) is 18.3. The quantitative estimate of drug-likeness (QED) is 0.340. The summed E-state index contributed by atoms with van der Waals surface area (Å²) in [5.74, 6) is -2.14. The van der Waals surface area contributed by atoms with E-state index in [2.05, 4.69) is 9.98 Å². The van der Waals surface area contributed by atoms with Crippen LogP contribution in [0.15, 0.2) is 107 Å². The number of benzene rings is 4. The van der Waals surface area contributed by atoms with Crippen molar-refractivity contribution >= 4 is 35.7 Å². The maximum atomic E-state index is 11.4. The molecule has 0 spiro atoms. The predicted molar refractivity (Wildman–Crippen MR) is 134 cm³/mol. The van der Waals surface area contributed by atoms with Gasteiger partial charge >= 0.3 is 33.0 Å². The molecule has 189 valence electrons. The van der Waals surface area contributed by atoms with Crippen molar-refractivity contribution in [3.05, 3.63) is 119 Å². The second kappa shape index (κ2) is 15.3. The van der Waals surface area contributed by atoms with Gasteiger partial charge < -0.3 is 20.4 Å². The average molecular weight is 547 g/mol. The monoisotopic (exact) mass is 547 g/mol. The van der Waals surface area contributed by atoms with Crippen LogP contribution < -0.4 is 10.2 Å². The third kappa shape index (κ3) is 9.31. The molecule has 0 saturated heterocycles. The standard InChI is InChI=1S/2C14H11NO3.O.V/c2*16-13-4-2-1-3-11(13)9-15-12-7-5-10(6-8-12)14(17)18;;/h2*1-9,16H,(H,17,18);;/q;;;+2/p-2. The topological polar surface area (TPSA) is 163 Å². The van der Waals surface area contributed by atoms with Gasteiger partial charge in [0.05, 0.1) is 22.5 Å². The van der Waals surface area contributed by atoms with Gasteiger partial charge in [-0.05, 0) is 59.7 Å². The van der Waals surface area contributed by atoms with Gasteiger partial charge in [-0.15, -0.1) is 11.5 Å². The van der Waals surface area contributed by atoms with E-state index in [1.807, 2.05) is 0 Å². The van der Waals surface area contributed by atoms with Crippen LogP contribution in [0.3, 0.4) is 0 Å². The minimum atomic E-state index is -0.976. The second-order valence-electron chi connectivity index (χ2n) is 7.30. The van der Waals surface area contributed by atoms with Crippen LogP contribution in [-0.4, -0.2) is 34.6 Å². The number of nitrogens with zero attached hydrogens (tertiary/aromatic N) is 2. The Morgan fingerprint density at radius 3 is 1.18 bits per heavy atom. The van der Waals surface area contributed by atoms with Gasteiger partial charge in [0.2, 0.25) is 0 Å². The van der Waals surface area contributed by atoms with Gasteiger partial charge in [-0.2, -0.15) is 0 Å². The molecule has 0 radical (unpaired) electrons. The van der Waals surface area contributed by atoms with Crippen molar-refractivity contribution in [3.8, 4) is 11.5 Å². The maximum absolute atomic E-state index is 11.4. The summed E-state index contributed by atoms with van der Waals surface area (Å²) in [6.07, 6.45) is 2.94. The van der Waals surface area contributed by atoms with E-state index in [1.54, 1.807) is 60.7 Å². The number of rotatable bonds is 6. The van der Waals surface area contributed by atoms with Crippen LogP contribution in [0.5, 0.6) is 11.5 Å². The molecule has 0 aromatic heterocycles. The van der Waals surface area contributed by atoms with Gasteiger partial charge in [0.1, 0.15) is 0 Å². The summed E-state index contributed by atoms with van der Waals surface area (Å²) in [5.41, 5.74) is 2.61. The molecule has 0 aliphatic rings. The first kappa shape index (κ1) is 29.4. The minimum absolute atomic E-state index is 0.0941. The predicted octanol–water partition coefficient (Wildman–Crippen LogP) is 4.30. The molecule has 0 amide bonds. The molecule has 4 aromatic rings. The molecule has 0 fully saturated rings. The van der Waals surface area contributed by atoms with E-state index >= 15 is 0 Å². The van der Waals surface area contributed by atoms with Gasteiger partial charge in [-0.3, -0.25) is 9.98 Å². The molecule has 4 aromatic carbocycles. The zero-order valence-corrected chi connectivity index (χ0v) is 21.1. The molecular weight excluding hydrogens is 527 g/mol. The Hall–Kier alpha value is -4.86. The summed E-state index contributed by atoms with van der Waals surface area (Å²) in [4.78, 5) is 29.6. The van der Waals surface area contributed by atoms with Crippen LogP contribution in [-0.2, 0) is 21.0 Å². The van der Waals surface area contributed by atoms with Crippen molar-refractivity contribution in [1.82, 2.24) is 0 Å². The molecule has 2 N–H and O–H groups in total. The van der Waals surface area contributed by atoms with E-state index in [4.69, 9.17) is 13.9 Å². The molecule has 0 aliphatic carbocycles. The Kier molecular flexibility index (Phi) is 11.8. The zero-order valence-electron chi connectivity index (χ0n) is 19.7. The first-order valence-electron chi connectivity index (χ1n) is 10.8. The Balaban J connectivity index is 0.000000251. The van der Waals surface area contributed by atoms with Crippen LogP contribution in [0.25, 0.3) is 0 Å². The fourth-order valence-corrected chi connectivity index (χ4v) is 2.84. The number of hydrogen-bond acceptors (Lipinski definition) is 7. The molecule has 10 heteroatoms. The van der Waals surface area contributed by atoms with Gasteiger partial charge in [-0.1, -0.05) is 48.5 Å². The Labute approximate surface area is 227 Å². The Morgan fingerprint density at radius 2 is 0.895 bits per heavy atom. The van der Waals surface area contributed by atoms with Gasteiger partial charge in [0.25, 0.3) is 0 Å². The van der Waals surface area contributed by atoms with E-state index < -0.39 is 11.9 Å². The third-order valence-electron chi connectivity index (χ3n) is 4.77. The van der Waals surface area contributed by atoms with Crippen molar-refractivity contribution in [2.45, 2.75) is 0 Å². The van der Waals surface area contributed by atoms with Crippen molar-refractivity contribution in [1.29, 1.82) is 0 Å². The summed E-state index contributed by atoms with van der Waals surface area (Å²) in [6.45, 7) is 0. The molecule has 0 saturated carbocycles. The zero-order chi connectivity index (χ0) is 27.9. The van der Waals surface area contributed by atoms with Crippen molar-refractivity contribution in [2.24, 2.45) is 9.98 Å². The van der Waals surface area contributed by atoms with Crippen LogP contribution in [0.2, 0.25) is 0 Å². The Bertz CT molecular complexity index is 1310. The van der Waals surface area contributed by atoms with Crippen molar-refractivity contribution < 1.29 is 51.1 Å². The molecule has 0 unspecified atom stereocenters. The molecular formula is C28H20N2O7V. The SMILES string of the molecule is O=C(O)c1ccc(N=Cc2ccccc2[O-])cc1.O=C(O)c1ccc(N=Cc2ccccc2[O-])cc1.[O]=[V+2]. The number of aliphatic imine (C=N–C) groups is 2. The molecule has 9 nitrogen and oxygen atoms in total. The Morgan fingerprint density at radius 1 is 0.579 bits per heavy atom. The summed E-state index contributed by atoms with van der Waals surface area (Å²) < 4.78 is 8.19. The fourth-order valence-electron chi connectivity index (χ4n) is 2.84. The van der Waals surface area contributed by atoms with Gasteiger partial charge in [0, 0.05) is 12.4 Å². The number of aromatic carboxylic acids is 2. The molecule has 4 rings (SSSR count). The van der Waals surface area contributed by atoms with E-state index in [0.29, 0.717) is 22.5 Å². The third-order valence-corrected chi connectivity index (χ3v) is 4.77. The van der Waals surface area contributed by atoms with E-state index in [1.165, 1.54) is 48.8 Å². The van der Waals surface area contributed by atoms with E-state index in [9.17, 15) is 19.8 Å². The average Bonchev–Trinajstić information content (AvgIpc) is 2.94. The number of carboxylic acids is 2. The first-order valence-corrected chi connectivity index (χ1v) is 11.4. The van der Waals surface area contributed by atoms with Crippen LogP contribution in [0.1, 0.15) is 31.8 Å². The normalized spacial score (nSPS) is 10.3. The van der Waals surface area contributed by atoms with Crippen molar-refractivity contribution in [3.63, 3.8) is 0 Å². The number of para-hydroxylation sites is 2. The summed E-state index contributed by atoms with van der Waals surface area (Å²) >= 11 is 1.06. The summed E-state index contributed by atoms with van der Waals surface area (Å²) in [5, 5.41) is 40.3. The molecule has 38 heavy (non-hydrogen) atoms. The molecule has 0 aliphatic heterocycles. The van der Waals surface area contributed by atoms with Crippen LogP contribution in [0, 0.1) is 0 Å². The summed E-state index contributed by atoms with van der Waals surface area (Å²) in [7, 11) is 0. The number of carbonyl (C=O) groups is 2. The molecule has 0 heterocycles. The molecule has 0 bridgehead atoms. The van der Waals surface area contributed by atoms with E-state index in [-0.39, 0.29) is 22.6 Å². The number of carboxylic acid groups (broad SMARTS) is 2. The number of hydrogen-bond donors (Lipinski definition) is 2. The summed E-state index contributed by atoms with van der Waals surface area (Å²) in [6, 6.07) is 25.4. The van der Waals surface area contributed by atoms with Crippen LogP contribution in [0.4, 0.5) is 11.4 Å². The molecule has 0 atom stereocenters. The second-order valence-corrected chi connectivity index (χ2v) is 7.30. The van der Waals surface area contributed by atoms with Crippen LogP contribution >= 0.6 is 0 Å². The van der Waals surface area contributed by atoms with E-state index in [0.717, 1.165) is 17.4 Å².